The first-order valence-electron chi connectivity index (χ1n) is 3.83. The van der Waals surface area contributed by atoms with E-state index in [9.17, 15) is 9.18 Å². The number of ether oxygens (including phenoxy) is 1. The first kappa shape index (κ1) is 9.64. The van der Waals surface area contributed by atoms with E-state index in [1.165, 1.54) is 32.4 Å². The molecule has 0 spiro atoms. The van der Waals surface area contributed by atoms with Gasteiger partial charge < -0.3 is 4.74 Å². The lowest BCUT2D eigenvalue weighted by Crippen LogP contribution is -2.11. The third-order valence-electron chi connectivity index (χ3n) is 1.59. The molecule has 1 atom stereocenters. The highest BCUT2D eigenvalue weighted by Crippen LogP contribution is 2.09. The molecule has 0 saturated heterocycles. The number of aromatic nitrogens is 1. The van der Waals surface area contributed by atoms with Gasteiger partial charge in [-0.1, -0.05) is 0 Å². The molecule has 0 saturated carbocycles. The molecule has 0 aliphatic heterocycles. The molecule has 1 aromatic rings. The van der Waals surface area contributed by atoms with Crippen LogP contribution < -0.4 is 4.74 Å². The van der Waals surface area contributed by atoms with Gasteiger partial charge in [-0.05, 0) is 13.0 Å². The summed E-state index contributed by atoms with van der Waals surface area (Å²) in [6.07, 6.45) is -0.188. The fourth-order valence-corrected chi connectivity index (χ4v) is 0.876. The molecule has 0 aliphatic rings. The minimum atomic E-state index is -1.49. The van der Waals surface area contributed by atoms with E-state index in [1.54, 1.807) is 0 Å². The van der Waals surface area contributed by atoms with Gasteiger partial charge in [-0.3, -0.25) is 4.79 Å². The number of pyridine rings is 1. The van der Waals surface area contributed by atoms with Crippen LogP contribution in [0.1, 0.15) is 17.3 Å². The standard InChI is InChI=1S/C9H10FNO2/c1-6(10)9(12)7-3-4-8(13-2)11-5-7/h3-6H,1-2H3. The summed E-state index contributed by atoms with van der Waals surface area (Å²) >= 11 is 0. The van der Waals surface area contributed by atoms with Gasteiger partial charge >= 0.3 is 0 Å². The lowest BCUT2D eigenvalue weighted by molar-refractivity contribution is 0.0892. The van der Waals surface area contributed by atoms with E-state index in [-0.39, 0.29) is 5.56 Å². The Morgan fingerprint density at radius 1 is 1.62 bits per heavy atom. The molecule has 1 rings (SSSR count). The lowest BCUT2D eigenvalue weighted by Gasteiger charge is -2.01. The molecule has 1 unspecified atom stereocenters. The van der Waals surface area contributed by atoms with E-state index in [2.05, 4.69) is 4.98 Å². The Hall–Kier alpha value is -1.45. The Bertz CT molecular complexity index is 295. The molecule has 0 radical (unpaired) electrons. The Labute approximate surface area is 75.6 Å². The maximum atomic E-state index is 12.6. The number of hydrogen-bond donors (Lipinski definition) is 0. The summed E-state index contributed by atoms with van der Waals surface area (Å²) in [4.78, 5) is 14.9. The van der Waals surface area contributed by atoms with Crippen molar-refractivity contribution < 1.29 is 13.9 Å². The number of Topliss-reactive ketones (excluding diaryl/α,β-unsaturated/α-hetero) is 1. The van der Waals surface area contributed by atoms with Gasteiger partial charge in [-0.2, -0.15) is 0 Å². The molecule has 0 bridgehead atoms. The first-order valence-corrected chi connectivity index (χ1v) is 3.83. The average Bonchev–Trinajstić information content (AvgIpc) is 2.17. The zero-order valence-corrected chi connectivity index (χ0v) is 7.45. The van der Waals surface area contributed by atoms with Crippen LogP contribution in [0.15, 0.2) is 18.3 Å². The second-order valence-corrected chi connectivity index (χ2v) is 2.57. The summed E-state index contributed by atoms with van der Waals surface area (Å²) in [5.74, 6) is -0.154. The largest absolute Gasteiger partial charge is 0.481 e. The quantitative estimate of drug-likeness (QED) is 0.668. The van der Waals surface area contributed by atoms with Gasteiger partial charge in [0.05, 0.1) is 7.11 Å². The minimum absolute atomic E-state index is 0.260. The van der Waals surface area contributed by atoms with Crippen molar-refractivity contribution in [3.63, 3.8) is 0 Å². The molecule has 0 aliphatic carbocycles. The van der Waals surface area contributed by atoms with Crippen LogP contribution in [0.4, 0.5) is 4.39 Å². The fraction of sp³-hybridized carbons (Fsp3) is 0.333. The molecule has 0 fully saturated rings. The highest BCUT2D eigenvalue weighted by Gasteiger charge is 2.13. The number of methoxy groups -OCH3 is 1. The Kier molecular flexibility index (Phi) is 2.95. The van der Waals surface area contributed by atoms with Crippen molar-refractivity contribution in [3.05, 3.63) is 23.9 Å². The van der Waals surface area contributed by atoms with Crippen LogP contribution in [-0.2, 0) is 0 Å². The molecule has 70 valence electrons. The van der Waals surface area contributed by atoms with Crippen molar-refractivity contribution in [1.82, 2.24) is 4.98 Å². The Morgan fingerprint density at radius 3 is 2.69 bits per heavy atom. The van der Waals surface area contributed by atoms with Crippen LogP contribution >= 0.6 is 0 Å². The van der Waals surface area contributed by atoms with Crippen molar-refractivity contribution in [2.75, 3.05) is 7.11 Å². The second-order valence-electron chi connectivity index (χ2n) is 2.57. The molecular weight excluding hydrogens is 173 g/mol. The lowest BCUT2D eigenvalue weighted by atomic mass is 10.1. The van der Waals surface area contributed by atoms with E-state index in [1.807, 2.05) is 0 Å². The van der Waals surface area contributed by atoms with Crippen molar-refractivity contribution >= 4 is 5.78 Å². The molecule has 0 amide bonds. The second kappa shape index (κ2) is 3.98. The highest BCUT2D eigenvalue weighted by atomic mass is 19.1. The van der Waals surface area contributed by atoms with E-state index < -0.39 is 12.0 Å². The van der Waals surface area contributed by atoms with Crippen LogP contribution in [0.25, 0.3) is 0 Å². The summed E-state index contributed by atoms with van der Waals surface area (Å²) in [6.45, 7) is 1.20. The summed E-state index contributed by atoms with van der Waals surface area (Å²) in [6, 6.07) is 3.01. The summed E-state index contributed by atoms with van der Waals surface area (Å²) in [5, 5.41) is 0. The van der Waals surface area contributed by atoms with Crippen molar-refractivity contribution in [2.24, 2.45) is 0 Å². The summed E-state index contributed by atoms with van der Waals surface area (Å²) in [7, 11) is 1.47. The molecular formula is C9H10FNO2. The number of carbonyl (C=O) groups is 1. The van der Waals surface area contributed by atoms with Crippen LogP contribution in [0.3, 0.4) is 0 Å². The highest BCUT2D eigenvalue weighted by molar-refractivity contribution is 5.98. The van der Waals surface area contributed by atoms with Gasteiger partial charge in [0.25, 0.3) is 0 Å². The molecule has 0 N–H and O–H groups in total. The first-order chi connectivity index (χ1) is 6.15. The monoisotopic (exact) mass is 183 g/mol. The SMILES string of the molecule is COc1ccc(C(=O)C(C)F)cn1. The summed E-state index contributed by atoms with van der Waals surface area (Å²) < 4.78 is 17.3. The van der Waals surface area contributed by atoms with Crippen LogP contribution in [-0.4, -0.2) is 24.0 Å². The maximum Gasteiger partial charge on any atom is 0.212 e. The number of rotatable bonds is 3. The van der Waals surface area contributed by atoms with Crippen LogP contribution in [0, 0.1) is 0 Å². The van der Waals surface area contributed by atoms with Gasteiger partial charge in [0.15, 0.2) is 12.0 Å². The molecule has 13 heavy (non-hydrogen) atoms. The average molecular weight is 183 g/mol. The zero-order chi connectivity index (χ0) is 9.84. The van der Waals surface area contributed by atoms with Crippen molar-refractivity contribution in [2.45, 2.75) is 13.1 Å². The van der Waals surface area contributed by atoms with Gasteiger partial charge in [-0.15, -0.1) is 0 Å². The van der Waals surface area contributed by atoms with E-state index in [0.29, 0.717) is 5.88 Å². The third-order valence-corrected chi connectivity index (χ3v) is 1.59. The number of carbonyl (C=O) groups excluding carboxylic acids is 1. The maximum absolute atomic E-state index is 12.6. The fourth-order valence-electron chi connectivity index (χ4n) is 0.876. The van der Waals surface area contributed by atoms with Crippen LogP contribution in [0.5, 0.6) is 5.88 Å². The molecule has 1 heterocycles. The smallest absolute Gasteiger partial charge is 0.212 e. The number of ketones is 1. The van der Waals surface area contributed by atoms with Gasteiger partial charge in [0.2, 0.25) is 5.88 Å². The Balaban J connectivity index is 2.86. The minimum Gasteiger partial charge on any atom is -0.481 e. The number of alkyl halides is 1. The molecule has 4 heteroatoms. The van der Waals surface area contributed by atoms with Crippen molar-refractivity contribution in [3.8, 4) is 5.88 Å². The molecule has 3 nitrogen and oxygen atoms in total. The predicted molar refractivity (Wildman–Crippen MR) is 45.7 cm³/mol. The van der Waals surface area contributed by atoms with Gasteiger partial charge in [0.1, 0.15) is 0 Å². The number of halogens is 1. The zero-order valence-electron chi connectivity index (χ0n) is 7.45. The molecule has 1 aromatic heterocycles. The number of nitrogens with zero attached hydrogens (tertiary/aromatic N) is 1. The van der Waals surface area contributed by atoms with Crippen molar-refractivity contribution in [1.29, 1.82) is 0 Å². The molecule has 0 aromatic carbocycles. The van der Waals surface area contributed by atoms with Crippen LogP contribution in [0.2, 0.25) is 0 Å². The topological polar surface area (TPSA) is 39.2 Å². The van der Waals surface area contributed by atoms with E-state index >= 15 is 0 Å². The Morgan fingerprint density at radius 2 is 2.31 bits per heavy atom. The summed E-state index contributed by atoms with van der Waals surface area (Å²) in [5.41, 5.74) is 0.260. The normalized spacial score (nSPS) is 12.2. The predicted octanol–water partition coefficient (Wildman–Crippen LogP) is 1.63. The van der Waals surface area contributed by atoms with Gasteiger partial charge in [-0.25, -0.2) is 9.37 Å². The van der Waals surface area contributed by atoms with E-state index in [4.69, 9.17) is 4.74 Å². The third kappa shape index (κ3) is 2.24. The van der Waals surface area contributed by atoms with E-state index in [0.717, 1.165) is 0 Å². The van der Waals surface area contributed by atoms with Gasteiger partial charge in [0, 0.05) is 17.8 Å². The number of hydrogen-bond acceptors (Lipinski definition) is 3.